The number of ether oxygens (including phenoxy) is 1. The summed E-state index contributed by atoms with van der Waals surface area (Å²) < 4.78 is 4.54. The molecule has 1 N–H and O–H groups in total. The van der Waals surface area contributed by atoms with E-state index < -0.39 is 6.10 Å². The minimum Gasteiger partial charge on any atom is -0.393 e. The van der Waals surface area contributed by atoms with E-state index in [0.29, 0.717) is 0 Å². The van der Waals surface area contributed by atoms with Gasteiger partial charge in [0, 0.05) is 13.5 Å². The third kappa shape index (κ3) is 5.46. The highest BCUT2D eigenvalue weighted by atomic mass is 16.5. The largest absolute Gasteiger partial charge is 0.393 e. The first kappa shape index (κ1) is 8.59. The Morgan fingerprint density at radius 1 is 1.78 bits per heavy atom. The zero-order valence-electron chi connectivity index (χ0n) is 5.76. The average molecular weight is 132 g/mol. The minimum atomic E-state index is -0.548. The Morgan fingerprint density at radius 3 is 2.67 bits per heavy atom. The van der Waals surface area contributed by atoms with Crippen LogP contribution in [0, 0.1) is 0 Å². The van der Waals surface area contributed by atoms with Crippen LogP contribution in [0.25, 0.3) is 0 Å². The summed E-state index contributed by atoms with van der Waals surface area (Å²) in [6.45, 7) is 1.68. The molecule has 0 saturated carbocycles. The lowest BCUT2D eigenvalue weighted by atomic mass is 10.2. The van der Waals surface area contributed by atoms with Crippen molar-refractivity contribution >= 4 is 5.78 Å². The van der Waals surface area contributed by atoms with E-state index in [-0.39, 0.29) is 18.8 Å². The highest BCUT2D eigenvalue weighted by Gasteiger charge is 2.03. The Labute approximate surface area is 54.6 Å². The first-order valence-electron chi connectivity index (χ1n) is 2.85. The maximum Gasteiger partial charge on any atom is 0.161 e. The van der Waals surface area contributed by atoms with Crippen molar-refractivity contribution in [2.75, 3.05) is 13.7 Å². The number of carbonyl (C=O) groups is 1. The van der Waals surface area contributed by atoms with E-state index in [1.165, 1.54) is 7.11 Å². The maximum atomic E-state index is 10.6. The zero-order chi connectivity index (χ0) is 7.28. The van der Waals surface area contributed by atoms with Crippen LogP contribution in [0.2, 0.25) is 0 Å². The van der Waals surface area contributed by atoms with E-state index in [9.17, 15) is 4.79 Å². The lowest BCUT2D eigenvalue weighted by Crippen LogP contribution is -2.13. The van der Waals surface area contributed by atoms with Crippen molar-refractivity contribution in [1.82, 2.24) is 0 Å². The number of aliphatic hydroxyl groups excluding tert-OH is 1. The van der Waals surface area contributed by atoms with Crippen LogP contribution in [0.5, 0.6) is 0 Å². The topological polar surface area (TPSA) is 46.5 Å². The highest BCUT2D eigenvalue weighted by molar-refractivity contribution is 5.79. The molecule has 0 aromatic carbocycles. The van der Waals surface area contributed by atoms with Gasteiger partial charge in [0.05, 0.1) is 6.10 Å². The van der Waals surface area contributed by atoms with Gasteiger partial charge in [-0.25, -0.2) is 0 Å². The molecule has 0 amide bonds. The number of carbonyl (C=O) groups excluding carboxylic acids is 1. The van der Waals surface area contributed by atoms with Gasteiger partial charge in [-0.2, -0.15) is 0 Å². The Balaban J connectivity index is 3.27. The lowest BCUT2D eigenvalue weighted by Gasteiger charge is -2.00. The van der Waals surface area contributed by atoms with Gasteiger partial charge in [-0.15, -0.1) is 0 Å². The van der Waals surface area contributed by atoms with Crippen molar-refractivity contribution in [2.24, 2.45) is 0 Å². The van der Waals surface area contributed by atoms with E-state index >= 15 is 0 Å². The number of Topliss-reactive ketones (excluding diaryl/α,β-unsaturated/α-hetero) is 1. The third-order valence-electron chi connectivity index (χ3n) is 0.828. The SMILES string of the molecule is COCC(=O)CC(C)O. The molecule has 0 rings (SSSR count). The van der Waals surface area contributed by atoms with Crippen molar-refractivity contribution in [3.63, 3.8) is 0 Å². The molecule has 0 radical (unpaired) electrons. The summed E-state index contributed by atoms with van der Waals surface area (Å²) in [7, 11) is 1.46. The first-order chi connectivity index (χ1) is 4.16. The van der Waals surface area contributed by atoms with Gasteiger partial charge in [-0.1, -0.05) is 0 Å². The van der Waals surface area contributed by atoms with E-state index in [0.717, 1.165) is 0 Å². The Bertz CT molecular complexity index is 88.3. The summed E-state index contributed by atoms with van der Waals surface area (Å²) in [5.41, 5.74) is 0. The van der Waals surface area contributed by atoms with Crippen molar-refractivity contribution in [1.29, 1.82) is 0 Å². The molecule has 0 spiro atoms. The molecule has 0 aliphatic carbocycles. The third-order valence-corrected chi connectivity index (χ3v) is 0.828. The Kier molecular flexibility index (Phi) is 4.26. The number of hydrogen-bond acceptors (Lipinski definition) is 3. The molecular formula is C6H12O3. The smallest absolute Gasteiger partial charge is 0.161 e. The highest BCUT2D eigenvalue weighted by Crippen LogP contribution is 1.90. The van der Waals surface area contributed by atoms with Crippen molar-refractivity contribution in [2.45, 2.75) is 19.4 Å². The number of ketones is 1. The van der Waals surface area contributed by atoms with Gasteiger partial charge in [0.2, 0.25) is 0 Å². The molecule has 0 fully saturated rings. The van der Waals surface area contributed by atoms with Crippen molar-refractivity contribution < 1.29 is 14.6 Å². The second-order valence-corrected chi connectivity index (χ2v) is 2.02. The van der Waals surface area contributed by atoms with Gasteiger partial charge in [-0.05, 0) is 6.92 Å². The second-order valence-electron chi connectivity index (χ2n) is 2.02. The van der Waals surface area contributed by atoms with E-state index in [1.807, 2.05) is 0 Å². The van der Waals surface area contributed by atoms with Crippen LogP contribution < -0.4 is 0 Å². The molecule has 0 heterocycles. The number of aliphatic hydroxyl groups is 1. The molecule has 1 atom stereocenters. The number of rotatable bonds is 4. The fourth-order valence-corrected chi connectivity index (χ4v) is 0.549. The molecule has 9 heavy (non-hydrogen) atoms. The molecule has 1 unspecified atom stereocenters. The van der Waals surface area contributed by atoms with Gasteiger partial charge in [0.15, 0.2) is 5.78 Å². The van der Waals surface area contributed by atoms with Crippen LogP contribution >= 0.6 is 0 Å². The first-order valence-corrected chi connectivity index (χ1v) is 2.85. The van der Waals surface area contributed by atoms with Gasteiger partial charge < -0.3 is 9.84 Å². The van der Waals surface area contributed by atoms with Gasteiger partial charge in [-0.3, -0.25) is 4.79 Å². The van der Waals surface area contributed by atoms with E-state index in [2.05, 4.69) is 4.74 Å². The van der Waals surface area contributed by atoms with Crippen LogP contribution in [0.3, 0.4) is 0 Å². The predicted molar refractivity (Wildman–Crippen MR) is 33.2 cm³/mol. The quantitative estimate of drug-likeness (QED) is 0.584. The van der Waals surface area contributed by atoms with Crippen LogP contribution in [0.1, 0.15) is 13.3 Å². The number of hydrogen-bond donors (Lipinski definition) is 1. The molecule has 3 heteroatoms. The predicted octanol–water partition coefficient (Wildman–Crippen LogP) is -0.0272. The Morgan fingerprint density at radius 2 is 2.33 bits per heavy atom. The molecule has 0 aromatic heterocycles. The average Bonchev–Trinajstić information content (AvgIpc) is 1.63. The molecule has 0 saturated heterocycles. The van der Waals surface area contributed by atoms with Crippen molar-refractivity contribution in [3.05, 3.63) is 0 Å². The fourth-order valence-electron chi connectivity index (χ4n) is 0.549. The van der Waals surface area contributed by atoms with Crippen LogP contribution in [-0.2, 0) is 9.53 Å². The zero-order valence-corrected chi connectivity index (χ0v) is 5.76. The molecule has 0 aliphatic heterocycles. The summed E-state index contributed by atoms with van der Waals surface area (Å²) in [4.78, 5) is 10.6. The Hall–Kier alpha value is -0.410. The lowest BCUT2D eigenvalue weighted by molar-refractivity contribution is -0.124. The summed E-state index contributed by atoms with van der Waals surface area (Å²) in [6.07, 6.45) is -0.360. The molecular weight excluding hydrogens is 120 g/mol. The van der Waals surface area contributed by atoms with Gasteiger partial charge in [0.25, 0.3) is 0 Å². The summed E-state index contributed by atoms with van der Waals surface area (Å²) >= 11 is 0. The van der Waals surface area contributed by atoms with E-state index in [1.54, 1.807) is 6.92 Å². The standard InChI is InChI=1S/C6H12O3/c1-5(7)3-6(8)4-9-2/h5,7H,3-4H2,1-2H3. The molecule has 0 bridgehead atoms. The van der Waals surface area contributed by atoms with Gasteiger partial charge >= 0.3 is 0 Å². The number of methoxy groups -OCH3 is 1. The molecule has 0 aromatic rings. The molecule has 3 nitrogen and oxygen atoms in total. The maximum absolute atomic E-state index is 10.6. The van der Waals surface area contributed by atoms with Crippen LogP contribution in [0.15, 0.2) is 0 Å². The fraction of sp³-hybridized carbons (Fsp3) is 0.833. The second kappa shape index (κ2) is 4.47. The van der Waals surface area contributed by atoms with Gasteiger partial charge in [0.1, 0.15) is 6.61 Å². The monoisotopic (exact) mass is 132 g/mol. The van der Waals surface area contributed by atoms with Crippen molar-refractivity contribution in [3.8, 4) is 0 Å². The normalized spacial score (nSPS) is 13.2. The molecule has 54 valence electrons. The summed E-state index contributed by atoms with van der Waals surface area (Å²) in [5, 5.41) is 8.67. The summed E-state index contributed by atoms with van der Waals surface area (Å²) in [6, 6.07) is 0. The minimum absolute atomic E-state index is 0.0625. The molecule has 0 aliphatic rings. The van der Waals surface area contributed by atoms with Crippen LogP contribution in [0.4, 0.5) is 0 Å². The van der Waals surface area contributed by atoms with E-state index in [4.69, 9.17) is 5.11 Å². The van der Waals surface area contributed by atoms with Crippen LogP contribution in [-0.4, -0.2) is 30.7 Å². The summed E-state index contributed by atoms with van der Waals surface area (Å²) in [5.74, 6) is -0.0625.